The molecule has 5 rings (SSSR count). The van der Waals surface area contributed by atoms with Crippen LogP contribution in [0.1, 0.15) is 23.2 Å². The molecule has 2 saturated heterocycles. The van der Waals surface area contributed by atoms with Gasteiger partial charge in [0.25, 0.3) is 5.91 Å². The smallest absolute Gasteiger partial charge is 0.414 e. The lowest BCUT2D eigenvalue weighted by Gasteiger charge is -2.37. The van der Waals surface area contributed by atoms with Crippen LogP contribution in [0.25, 0.3) is 11.0 Å². The lowest BCUT2D eigenvalue weighted by atomic mass is 10.0. The predicted molar refractivity (Wildman–Crippen MR) is 132 cm³/mol. The van der Waals surface area contributed by atoms with Crippen LogP contribution < -0.4 is 11.1 Å². The molecule has 37 heavy (non-hydrogen) atoms. The number of piperidine rings is 2. The van der Waals surface area contributed by atoms with E-state index < -0.39 is 11.9 Å². The maximum absolute atomic E-state index is 12.8. The number of nitrogens with two attached hydrogens (primary N) is 1. The van der Waals surface area contributed by atoms with Crippen LogP contribution in [-0.4, -0.2) is 89.8 Å². The number of nitrogens with zero attached hydrogens (tertiary/aromatic N) is 2. The summed E-state index contributed by atoms with van der Waals surface area (Å²) in [4.78, 5) is 47.0. The van der Waals surface area contributed by atoms with Crippen molar-refractivity contribution in [1.29, 1.82) is 0 Å². The Hall–Kier alpha value is -3.51. The molecule has 3 aliphatic rings. The Morgan fingerprint density at radius 2 is 1.78 bits per heavy atom. The van der Waals surface area contributed by atoms with Crippen LogP contribution in [-0.2, 0) is 14.3 Å². The van der Waals surface area contributed by atoms with Crippen LogP contribution in [0.15, 0.2) is 22.8 Å². The second kappa shape index (κ2) is 10.9. The summed E-state index contributed by atoms with van der Waals surface area (Å²) in [5.41, 5.74) is 7.30. The van der Waals surface area contributed by atoms with Crippen LogP contribution in [0.3, 0.4) is 0 Å². The highest BCUT2D eigenvalue weighted by molar-refractivity contribution is 6.35. The van der Waals surface area contributed by atoms with Crippen molar-refractivity contribution >= 4 is 52.2 Å². The quantitative estimate of drug-likeness (QED) is 0.334. The molecule has 13 heteroatoms. The summed E-state index contributed by atoms with van der Waals surface area (Å²) in [7, 11) is 1.43. The number of hydrogen-bond donors (Lipinski definition) is 4. The molecule has 0 radical (unpaired) electrons. The highest BCUT2D eigenvalue weighted by Gasteiger charge is 2.56. The van der Waals surface area contributed by atoms with Gasteiger partial charge < -0.3 is 35.3 Å². The summed E-state index contributed by atoms with van der Waals surface area (Å²) in [6, 6.07) is 3.84. The summed E-state index contributed by atoms with van der Waals surface area (Å²) in [6.07, 6.45) is 3.27. The number of anilines is 1. The molecule has 1 aliphatic carbocycles. The van der Waals surface area contributed by atoms with Gasteiger partial charge in [-0.3, -0.25) is 9.69 Å². The van der Waals surface area contributed by atoms with Crippen molar-refractivity contribution in [3.05, 3.63) is 29.0 Å². The van der Waals surface area contributed by atoms with E-state index in [1.54, 1.807) is 17.0 Å². The van der Waals surface area contributed by atoms with Gasteiger partial charge in [-0.15, -0.1) is 0 Å². The van der Waals surface area contributed by atoms with Crippen LogP contribution in [0.2, 0.25) is 5.02 Å². The predicted octanol–water partition coefficient (Wildman–Crippen LogP) is 1.96. The van der Waals surface area contributed by atoms with Gasteiger partial charge in [0.1, 0.15) is 5.58 Å². The van der Waals surface area contributed by atoms with Crippen molar-refractivity contribution in [2.75, 3.05) is 45.6 Å². The third-order valence-electron chi connectivity index (χ3n) is 7.47. The number of fused-ring (bicyclic) bond motifs is 2. The zero-order valence-electron chi connectivity index (χ0n) is 20.2. The minimum absolute atomic E-state index is 0.182. The number of nitrogens with one attached hydrogen (secondary N) is 1. The molecule has 0 spiro atoms. The first-order chi connectivity index (χ1) is 17.6. The van der Waals surface area contributed by atoms with Gasteiger partial charge in [-0.1, -0.05) is 11.6 Å². The van der Waals surface area contributed by atoms with Crippen molar-refractivity contribution in [3.8, 4) is 0 Å². The Labute approximate surface area is 217 Å². The van der Waals surface area contributed by atoms with E-state index in [1.165, 1.54) is 13.4 Å². The second-order valence-electron chi connectivity index (χ2n) is 9.44. The molecular weight excluding hydrogens is 508 g/mol. The van der Waals surface area contributed by atoms with Crippen LogP contribution >= 0.6 is 11.6 Å². The molecule has 2 amide bonds. The zero-order valence-corrected chi connectivity index (χ0v) is 20.9. The lowest BCUT2D eigenvalue weighted by Crippen LogP contribution is -2.47. The van der Waals surface area contributed by atoms with Gasteiger partial charge in [-0.25, -0.2) is 14.4 Å². The molecule has 200 valence electrons. The van der Waals surface area contributed by atoms with Crippen molar-refractivity contribution in [2.24, 2.45) is 17.8 Å². The second-order valence-corrected chi connectivity index (χ2v) is 9.84. The Kier molecular flexibility index (Phi) is 7.79. The summed E-state index contributed by atoms with van der Waals surface area (Å²) in [6.45, 7) is 4.32. The normalized spacial score (nSPS) is 23.1. The first-order valence-corrected chi connectivity index (χ1v) is 12.3. The topological polar surface area (TPSA) is 176 Å². The SMILES string of the molecule is COC(=O)N1CCC(N2CC3C(CNC(=O)c4cc(Cl)c(N)c5ccoc45)C3C2)CC1.O=C(O)C(=O)O. The molecule has 1 aromatic carbocycles. The van der Waals surface area contributed by atoms with Gasteiger partial charge in [-0.05, 0) is 42.7 Å². The highest BCUT2D eigenvalue weighted by Crippen LogP contribution is 2.52. The number of halogens is 1. The number of methoxy groups -OCH3 is 1. The third kappa shape index (κ3) is 5.59. The fraction of sp³-hybridized carbons (Fsp3) is 0.500. The Morgan fingerprint density at radius 3 is 2.35 bits per heavy atom. The van der Waals surface area contributed by atoms with Crippen molar-refractivity contribution in [1.82, 2.24) is 15.1 Å². The number of carboxylic acid groups (broad SMARTS) is 2. The molecule has 2 aliphatic heterocycles. The maximum Gasteiger partial charge on any atom is 0.414 e. The molecule has 2 unspecified atom stereocenters. The molecule has 2 aromatic rings. The molecule has 1 aromatic heterocycles. The van der Waals surface area contributed by atoms with Crippen molar-refractivity contribution in [2.45, 2.75) is 18.9 Å². The fourth-order valence-electron chi connectivity index (χ4n) is 5.43. The molecule has 0 bridgehead atoms. The zero-order chi connectivity index (χ0) is 26.9. The summed E-state index contributed by atoms with van der Waals surface area (Å²) in [5.74, 6) is -2.04. The Bertz CT molecular complexity index is 1180. The van der Waals surface area contributed by atoms with Gasteiger partial charge in [-0.2, -0.15) is 0 Å². The standard InChI is InChI=1S/C22H27ClN4O4.C2H2O4/c1-30-22(29)26-5-2-12(3-6-26)27-10-16-15(17(16)11-27)9-25-21(28)14-8-18(23)19(24)13-4-7-31-20(13)14;3-1(4)2(5)6/h4,7-8,12,15-17H,2-3,5-6,9-11,24H2,1H3,(H,25,28);(H,3,4)(H,5,6). The van der Waals surface area contributed by atoms with Gasteiger partial charge in [0.05, 0.1) is 29.6 Å². The number of rotatable bonds is 4. The van der Waals surface area contributed by atoms with Gasteiger partial charge in [0.15, 0.2) is 0 Å². The molecule has 3 heterocycles. The third-order valence-corrected chi connectivity index (χ3v) is 7.78. The minimum Gasteiger partial charge on any atom is -0.473 e. The molecule has 1 saturated carbocycles. The molecule has 2 atom stereocenters. The number of benzene rings is 1. The average molecular weight is 537 g/mol. The number of furan rings is 1. The number of ether oxygens (including phenoxy) is 1. The molecular formula is C24H29ClN4O8. The van der Waals surface area contributed by atoms with E-state index >= 15 is 0 Å². The summed E-state index contributed by atoms with van der Waals surface area (Å²) >= 11 is 6.19. The number of carboxylic acids is 2. The lowest BCUT2D eigenvalue weighted by molar-refractivity contribution is -0.159. The number of nitrogen functional groups attached to an aromatic ring is 1. The van der Waals surface area contributed by atoms with Gasteiger partial charge in [0, 0.05) is 44.2 Å². The molecule has 3 fully saturated rings. The van der Waals surface area contributed by atoms with E-state index in [2.05, 4.69) is 10.2 Å². The van der Waals surface area contributed by atoms with Crippen molar-refractivity contribution < 1.29 is 38.5 Å². The van der Waals surface area contributed by atoms with E-state index in [-0.39, 0.29) is 12.0 Å². The van der Waals surface area contributed by atoms with Gasteiger partial charge in [0.2, 0.25) is 0 Å². The minimum atomic E-state index is -1.82. The van der Waals surface area contributed by atoms with Crippen LogP contribution in [0.4, 0.5) is 10.5 Å². The largest absolute Gasteiger partial charge is 0.473 e. The number of amides is 2. The monoisotopic (exact) mass is 536 g/mol. The summed E-state index contributed by atoms with van der Waals surface area (Å²) < 4.78 is 10.3. The highest BCUT2D eigenvalue weighted by atomic mass is 35.5. The molecule has 5 N–H and O–H groups in total. The van der Waals surface area contributed by atoms with Crippen LogP contribution in [0, 0.1) is 17.8 Å². The number of hydrogen-bond acceptors (Lipinski definition) is 8. The van der Waals surface area contributed by atoms with E-state index in [0.29, 0.717) is 57.6 Å². The van der Waals surface area contributed by atoms with Crippen LogP contribution in [0.5, 0.6) is 0 Å². The number of likely N-dealkylation sites (tertiary alicyclic amines) is 2. The molecule has 12 nitrogen and oxygen atoms in total. The van der Waals surface area contributed by atoms with E-state index in [0.717, 1.165) is 39.0 Å². The van der Waals surface area contributed by atoms with E-state index in [4.69, 9.17) is 46.3 Å². The number of carbonyl (C=O) groups is 4. The van der Waals surface area contributed by atoms with E-state index in [1.807, 2.05) is 0 Å². The Balaban J connectivity index is 0.000000480. The fourth-order valence-corrected chi connectivity index (χ4v) is 5.64. The van der Waals surface area contributed by atoms with E-state index in [9.17, 15) is 9.59 Å². The Morgan fingerprint density at radius 1 is 1.16 bits per heavy atom. The first-order valence-electron chi connectivity index (χ1n) is 11.9. The first kappa shape index (κ1) is 26.6. The number of carbonyl (C=O) groups excluding carboxylic acids is 2. The maximum atomic E-state index is 12.8. The number of aliphatic carboxylic acids is 2. The average Bonchev–Trinajstić information content (AvgIpc) is 3.24. The van der Waals surface area contributed by atoms with Gasteiger partial charge >= 0.3 is 18.0 Å². The summed E-state index contributed by atoms with van der Waals surface area (Å²) in [5, 5.41) is 18.9. The van der Waals surface area contributed by atoms with Crippen molar-refractivity contribution in [3.63, 3.8) is 0 Å².